The molecule has 0 fully saturated rings. The van der Waals surface area contributed by atoms with Gasteiger partial charge in [0, 0.05) is 18.1 Å². The number of hydrogen-bond donors (Lipinski definition) is 0. The fourth-order valence-corrected chi connectivity index (χ4v) is 1.05. The molecule has 0 aliphatic carbocycles. The zero-order chi connectivity index (χ0) is 13.8. The van der Waals surface area contributed by atoms with Crippen LogP contribution >= 0.6 is 0 Å². The molecule has 0 rings (SSSR count). The first-order valence-electron chi connectivity index (χ1n) is 6.48. The molecular weight excluding hydrogens is 257 g/mol. The van der Waals surface area contributed by atoms with Crippen LogP contribution in [0.3, 0.4) is 0 Å². The van der Waals surface area contributed by atoms with Crippen LogP contribution in [0, 0.1) is 0 Å². The first-order chi connectivity index (χ1) is 8.63. The van der Waals surface area contributed by atoms with Crippen LogP contribution in [-0.2, 0) is 19.3 Å². The minimum atomic E-state index is -0.430. The quantitative estimate of drug-likeness (QED) is 0.255. The molecule has 19 heavy (non-hydrogen) atoms. The second-order valence-corrected chi connectivity index (χ2v) is 3.76. The van der Waals surface area contributed by atoms with E-state index < -0.39 is 11.9 Å². The van der Waals surface area contributed by atoms with E-state index in [1.54, 1.807) is 13.8 Å². The third-order valence-corrected chi connectivity index (χ3v) is 2.13. The van der Waals surface area contributed by atoms with Crippen molar-refractivity contribution in [1.82, 2.24) is 5.23 Å². The van der Waals surface area contributed by atoms with Gasteiger partial charge in [0.05, 0.1) is 6.54 Å². The van der Waals surface area contributed by atoms with Crippen molar-refractivity contribution in [3.63, 3.8) is 0 Å². The Bertz CT molecular complexity index is 270. The Hall–Kier alpha value is -0.360. The summed E-state index contributed by atoms with van der Waals surface area (Å²) < 4.78 is 0. The predicted molar refractivity (Wildman–Crippen MR) is 69.2 cm³/mol. The summed E-state index contributed by atoms with van der Waals surface area (Å²) in [5.41, 5.74) is 0. The van der Waals surface area contributed by atoms with Gasteiger partial charge in [-0.2, -0.15) is 0 Å². The van der Waals surface area contributed by atoms with Gasteiger partial charge in [-0.15, -0.1) is 0 Å². The zero-order valence-corrected chi connectivity index (χ0v) is 14.5. The Morgan fingerprint density at radius 1 is 1.05 bits per heavy atom. The molecule has 0 atom stereocenters. The fraction of sp³-hybridized carbons (Fsp3) is 0.692. The van der Waals surface area contributed by atoms with E-state index in [0.717, 1.165) is 24.5 Å². The van der Waals surface area contributed by atoms with Gasteiger partial charge in [-0.3, -0.25) is 9.59 Å². The van der Waals surface area contributed by atoms with Crippen LogP contribution in [0.15, 0.2) is 12.2 Å². The summed E-state index contributed by atoms with van der Waals surface area (Å²) in [6.45, 7) is 5.73. The normalized spacial score (nSPS) is 10.3. The second kappa shape index (κ2) is 14.1. The molecule has 0 aliphatic rings. The summed E-state index contributed by atoms with van der Waals surface area (Å²) in [5.74, 6) is -0.860. The molecule has 0 saturated heterocycles. The van der Waals surface area contributed by atoms with Crippen molar-refractivity contribution in [1.29, 1.82) is 0 Å². The largest absolute Gasteiger partial charge is 1.00 e. The van der Waals surface area contributed by atoms with Crippen LogP contribution in [0.25, 0.3) is 0 Å². The topological polar surface area (TPSA) is 55.8 Å². The SMILES string of the molecule is CCCCC=CCN(OC(=O)CC)OC(=O)CC.[H-].[Na+]. The van der Waals surface area contributed by atoms with Crippen molar-refractivity contribution < 1.29 is 50.2 Å². The molecule has 0 amide bonds. The van der Waals surface area contributed by atoms with E-state index in [2.05, 4.69) is 6.92 Å². The van der Waals surface area contributed by atoms with Gasteiger partial charge in [0.1, 0.15) is 0 Å². The minimum absolute atomic E-state index is 0. The summed E-state index contributed by atoms with van der Waals surface area (Å²) in [4.78, 5) is 32.1. The van der Waals surface area contributed by atoms with Crippen LogP contribution in [0.4, 0.5) is 0 Å². The first kappa shape index (κ1) is 20.9. The van der Waals surface area contributed by atoms with E-state index in [1.165, 1.54) is 0 Å². The number of unbranched alkanes of at least 4 members (excludes halogenated alkanes) is 2. The summed E-state index contributed by atoms with van der Waals surface area (Å²) >= 11 is 0. The van der Waals surface area contributed by atoms with Crippen molar-refractivity contribution in [3.05, 3.63) is 12.2 Å². The van der Waals surface area contributed by atoms with Crippen molar-refractivity contribution in [3.8, 4) is 0 Å². The zero-order valence-electron chi connectivity index (χ0n) is 13.5. The second-order valence-electron chi connectivity index (χ2n) is 3.76. The Labute approximate surface area is 139 Å². The Kier molecular flexibility index (Phi) is 15.5. The number of hydroxylamine groups is 2. The summed E-state index contributed by atoms with van der Waals surface area (Å²) in [5, 5.41) is 0.931. The molecule has 6 heteroatoms. The molecule has 0 aromatic rings. The predicted octanol–water partition coefficient (Wildman–Crippen LogP) is -0.112. The molecule has 0 N–H and O–H groups in total. The number of carbonyl (C=O) groups excluding carboxylic acids is 2. The summed E-state index contributed by atoms with van der Waals surface area (Å²) in [7, 11) is 0. The first-order valence-corrected chi connectivity index (χ1v) is 6.48. The smallest absolute Gasteiger partial charge is 1.00 e. The maximum Gasteiger partial charge on any atom is 1.00 e. The van der Waals surface area contributed by atoms with Crippen LogP contribution in [0.2, 0.25) is 0 Å². The van der Waals surface area contributed by atoms with E-state index in [4.69, 9.17) is 9.68 Å². The van der Waals surface area contributed by atoms with Crippen LogP contribution in [0.5, 0.6) is 0 Å². The van der Waals surface area contributed by atoms with E-state index in [9.17, 15) is 9.59 Å². The molecule has 0 heterocycles. The average Bonchev–Trinajstić information content (AvgIpc) is 2.37. The molecule has 0 aromatic carbocycles. The molecule has 5 nitrogen and oxygen atoms in total. The van der Waals surface area contributed by atoms with E-state index in [-0.39, 0.29) is 50.4 Å². The molecule has 0 aromatic heterocycles. The van der Waals surface area contributed by atoms with Gasteiger partial charge in [0.25, 0.3) is 0 Å². The minimum Gasteiger partial charge on any atom is -1.00 e. The van der Waals surface area contributed by atoms with Gasteiger partial charge in [0.15, 0.2) is 0 Å². The molecule has 0 unspecified atom stereocenters. The van der Waals surface area contributed by atoms with Gasteiger partial charge in [-0.1, -0.05) is 45.8 Å². The van der Waals surface area contributed by atoms with Gasteiger partial charge in [-0.05, 0) is 6.42 Å². The third-order valence-electron chi connectivity index (χ3n) is 2.13. The molecule has 106 valence electrons. The Morgan fingerprint density at radius 2 is 1.58 bits per heavy atom. The van der Waals surface area contributed by atoms with Crippen LogP contribution < -0.4 is 29.6 Å². The van der Waals surface area contributed by atoms with E-state index in [1.807, 2.05) is 12.2 Å². The number of hydrogen-bond acceptors (Lipinski definition) is 5. The van der Waals surface area contributed by atoms with Gasteiger partial charge >= 0.3 is 41.5 Å². The van der Waals surface area contributed by atoms with Gasteiger partial charge < -0.3 is 11.1 Å². The number of nitrogens with zero attached hydrogens (tertiary/aromatic N) is 1. The maximum atomic E-state index is 11.1. The Morgan fingerprint density at radius 3 is 2.00 bits per heavy atom. The summed E-state index contributed by atoms with van der Waals surface area (Å²) in [6.07, 6.45) is 7.48. The van der Waals surface area contributed by atoms with E-state index >= 15 is 0 Å². The van der Waals surface area contributed by atoms with E-state index in [0.29, 0.717) is 0 Å². The summed E-state index contributed by atoms with van der Waals surface area (Å²) in [6, 6.07) is 0. The van der Waals surface area contributed by atoms with Crippen molar-refractivity contribution in [2.24, 2.45) is 0 Å². The monoisotopic (exact) mass is 281 g/mol. The molecule has 0 aliphatic heterocycles. The van der Waals surface area contributed by atoms with Crippen molar-refractivity contribution >= 4 is 11.9 Å². The fourth-order valence-electron chi connectivity index (χ4n) is 1.05. The van der Waals surface area contributed by atoms with Crippen LogP contribution in [0.1, 0.15) is 54.3 Å². The van der Waals surface area contributed by atoms with Gasteiger partial charge in [-0.25, -0.2) is 0 Å². The molecule has 0 radical (unpaired) electrons. The standard InChI is InChI=1S/C13H23NO4.Na.H/c1-4-7-8-9-10-11-14(17-12(15)5-2)18-13(16)6-3;;/h9-10H,4-8,11H2,1-3H3;;/q;+1;-1. The van der Waals surface area contributed by atoms with Crippen molar-refractivity contribution in [2.75, 3.05) is 6.54 Å². The third kappa shape index (κ3) is 12.4. The maximum absolute atomic E-state index is 11.1. The molecule has 0 saturated carbocycles. The Balaban J connectivity index is -0.00000144. The van der Waals surface area contributed by atoms with Crippen LogP contribution in [-0.4, -0.2) is 23.7 Å². The number of carbonyl (C=O) groups is 2. The average molecular weight is 281 g/mol. The molecule has 0 spiro atoms. The molecular formula is C13H24NNaO4. The van der Waals surface area contributed by atoms with Crippen molar-refractivity contribution in [2.45, 2.75) is 52.9 Å². The van der Waals surface area contributed by atoms with Gasteiger partial charge in [0.2, 0.25) is 0 Å². The number of allylic oxidation sites excluding steroid dienone is 1. The number of rotatable bonds is 9. The molecule has 0 bridgehead atoms.